The number of hydrazine groups is 1. The number of aromatic nitrogens is 2. The lowest BCUT2D eigenvalue weighted by Crippen LogP contribution is -2.34. The molecule has 0 saturated carbocycles. The Morgan fingerprint density at radius 1 is 1.27 bits per heavy atom. The molecule has 15 heavy (non-hydrogen) atoms. The summed E-state index contributed by atoms with van der Waals surface area (Å²) in [4.78, 5) is 5.82. The van der Waals surface area contributed by atoms with Crippen LogP contribution in [0.3, 0.4) is 0 Å². The second-order valence-electron chi connectivity index (χ2n) is 3.45. The van der Waals surface area contributed by atoms with E-state index in [2.05, 4.69) is 15.6 Å². The highest BCUT2D eigenvalue weighted by Crippen LogP contribution is 2.09. The largest absolute Gasteiger partial charge is 0.272 e. The maximum absolute atomic E-state index is 4.38. The van der Waals surface area contributed by atoms with Crippen molar-refractivity contribution in [1.29, 1.82) is 0 Å². The number of hydrogen-bond donors (Lipinski definition) is 1. The van der Waals surface area contributed by atoms with E-state index in [9.17, 15) is 0 Å². The van der Waals surface area contributed by atoms with E-state index in [1.165, 1.54) is 0 Å². The number of benzene rings is 1. The van der Waals surface area contributed by atoms with Crippen molar-refractivity contribution in [3.63, 3.8) is 0 Å². The third-order valence-corrected chi connectivity index (χ3v) is 2.34. The highest BCUT2D eigenvalue weighted by Gasteiger charge is 2.05. The lowest BCUT2D eigenvalue weighted by molar-refractivity contribution is 0.459. The summed E-state index contributed by atoms with van der Waals surface area (Å²) in [6, 6.07) is 8.02. The van der Waals surface area contributed by atoms with Gasteiger partial charge in [0.15, 0.2) is 0 Å². The van der Waals surface area contributed by atoms with E-state index in [-0.39, 0.29) is 0 Å². The van der Waals surface area contributed by atoms with Gasteiger partial charge >= 0.3 is 0 Å². The van der Waals surface area contributed by atoms with Gasteiger partial charge in [-0.25, -0.2) is 5.53 Å². The van der Waals surface area contributed by atoms with E-state index in [4.69, 9.17) is 0 Å². The molecule has 1 aromatic heterocycles. The minimum atomic E-state index is 0.841. The van der Waals surface area contributed by atoms with Gasteiger partial charge in [0, 0.05) is 5.39 Å². The van der Waals surface area contributed by atoms with Crippen LogP contribution in [-0.2, 0) is 0 Å². The summed E-state index contributed by atoms with van der Waals surface area (Å²) in [5.41, 5.74) is 4.11. The quantitative estimate of drug-likeness (QED) is 0.783. The first-order chi connectivity index (χ1) is 7.42. The molecule has 0 saturated heterocycles. The van der Waals surface area contributed by atoms with Crippen LogP contribution < -0.4 is 5.53 Å². The molecule has 5 heteroatoms. The molecule has 0 radical (unpaired) electrons. The van der Waals surface area contributed by atoms with Crippen LogP contribution in [0.25, 0.3) is 10.9 Å². The number of fused-ring (bicyclic) bond motifs is 1. The fraction of sp³-hybridized carbons (Fsp3) is 0.200. The molecule has 1 N–H and O–H groups in total. The molecule has 1 aromatic carbocycles. The molecule has 1 aliphatic rings. The van der Waals surface area contributed by atoms with Crippen molar-refractivity contribution in [2.75, 3.05) is 18.6 Å². The molecule has 0 unspecified atom stereocenters. The Bertz CT molecular complexity index is 468. The summed E-state index contributed by atoms with van der Waals surface area (Å²) in [6.45, 7) is 1.73. The van der Waals surface area contributed by atoms with Gasteiger partial charge < -0.3 is 0 Å². The minimum absolute atomic E-state index is 0.841. The summed E-state index contributed by atoms with van der Waals surface area (Å²) >= 11 is 0. The molecule has 0 spiro atoms. The van der Waals surface area contributed by atoms with E-state index in [0.717, 1.165) is 24.0 Å². The van der Waals surface area contributed by atoms with Crippen molar-refractivity contribution < 1.29 is 0 Å². The van der Waals surface area contributed by atoms with Crippen LogP contribution >= 0.6 is 0 Å². The molecular weight excluding hydrogens is 190 g/mol. The Balaban J connectivity index is 1.88. The van der Waals surface area contributed by atoms with E-state index < -0.39 is 0 Å². The lowest BCUT2D eigenvalue weighted by atomic mass is 10.3. The number of rotatable bonds is 2. The zero-order valence-corrected chi connectivity index (χ0v) is 8.17. The SMILES string of the molecule is C1=NCCN1Nn1cc2ccccc2n1. The summed E-state index contributed by atoms with van der Waals surface area (Å²) in [6.07, 6.45) is 3.74. The Hall–Kier alpha value is -2.04. The summed E-state index contributed by atoms with van der Waals surface area (Å²) in [5, 5.41) is 7.41. The normalized spacial score (nSPS) is 15.1. The van der Waals surface area contributed by atoms with Gasteiger partial charge in [0.25, 0.3) is 0 Å². The molecule has 2 heterocycles. The van der Waals surface area contributed by atoms with Crippen LogP contribution in [0.15, 0.2) is 35.5 Å². The van der Waals surface area contributed by atoms with E-state index >= 15 is 0 Å². The second kappa shape index (κ2) is 3.27. The highest BCUT2D eigenvalue weighted by atomic mass is 15.8. The number of nitrogens with one attached hydrogen (secondary N) is 1. The Labute approximate surface area is 87.0 Å². The molecular formula is C10H11N5. The topological polar surface area (TPSA) is 45.5 Å². The first-order valence-corrected chi connectivity index (χ1v) is 4.89. The number of aliphatic imine (C=N–C) groups is 1. The molecule has 2 aromatic rings. The zero-order chi connectivity index (χ0) is 10.1. The van der Waals surface area contributed by atoms with Crippen molar-refractivity contribution in [3.8, 4) is 0 Å². The van der Waals surface area contributed by atoms with Crippen molar-refractivity contribution in [3.05, 3.63) is 30.5 Å². The molecule has 0 aliphatic carbocycles. The monoisotopic (exact) mass is 201 g/mol. The summed E-state index contributed by atoms with van der Waals surface area (Å²) in [5.74, 6) is 0. The third kappa shape index (κ3) is 1.52. The first kappa shape index (κ1) is 8.28. The first-order valence-electron chi connectivity index (χ1n) is 4.89. The lowest BCUT2D eigenvalue weighted by Gasteiger charge is -2.15. The Kier molecular flexibility index (Phi) is 1.81. The maximum Gasteiger partial charge on any atom is 0.105 e. The zero-order valence-electron chi connectivity index (χ0n) is 8.17. The maximum atomic E-state index is 4.38. The van der Waals surface area contributed by atoms with Crippen LogP contribution in [-0.4, -0.2) is 34.3 Å². The van der Waals surface area contributed by atoms with Gasteiger partial charge in [0.2, 0.25) is 0 Å². The smallest absolute Gasteiger partial charge is 0.105 e. The van der Waals surface area contributed by atoms with E-state index in [1.54, 1.807) is 11.1 Å². The Morgan fingerprint density at radius 2 is 2.20 bits per heavy atom. The van der Waals surface area contributed by atoms with Crippen molar-refractivity contribution in [2.45, 2.75) is 0 Å². The van der Waals surface area contributed by atoms with Crippen LogP contribution in [0.2, 0.25) is 0 Å². The predicted molar refractivity (Wildman–Crippen MR) is 59.2 cm³/mol. The molecule has 76 valence electrons. The molecule has 0 amide bonds. The average Bonchev–Trinajstić information content (AvgIpc) is 2.86. The van der Waals surface area contributed by atoms with Gasteiger partial charge in [-0.3, -0.25) is 10.0 Å². The van der Waals surface area contributed by atoms with Crippen LogP contribution in [0.1, 0.15) is 0 Å². The van der Waals surface area contributed by atoms with Crippen LogP contribution in [0.5, 0.6) is 0 Å². The van der Waals surface area contributed by atoms with Gasteiger partial charge in [-0.2, -0.15) is 9.89 Å². The van der Waals surface area contributed by atoms with Crippen LogP contribution in [0, 0.1) is 0 Å². The van der Waals surface area contributed by atoms with Gasteiger partial charge in [0.05, 0.1) is 24.8 Å². The fourth-order valence-electron chi connectivity index (χ4n) is 1.60. The highest BCUT2D eigenvalue weighted by molar-refractivity contribution is 5.77. The van der Waals surface area contributed by atoms with Gasteiger partial charge in [-0.05, 0) is 6.07 Å². The summed E-state index contributed by atoms with van der Waals surface area (Å²) < 4.78 is 0. The molecule has 5 nitrogen and oxygen atoms in total. The van der Waals surface area contributed by atoms with Gasteiger partial charge in [0.1, 0.15) is 6.34 Å². The van der Waals surface area contributed by atoms with Gasteiger partial charge in [-0.15, -0.1) is 0 Å². The van der Waals surface area contributed by atoms with Crippen LogP contribution in [0.4, 0.5) is 0 Å². The Morgan fingerprint density at radius 3 is 3.00 bits per heavy atom. The van der Waals surface area contributed by atoms with Crippen molar-refractivity contribution >= 4 is 17.2 Å². The van der Waals surface area contributed by atoms with E-state index in [0.29, 0.717) is 0 Å². The number of hydrogen-bond acceptors (Lipinski definition) is 4. The standard InChI is InChI=1S/C10H11N5/c1-2-4-10-9(3-1)7-15(12-10)13-14-6-5-11-8-14/h1-4,7-8,13H,5-6H2. The fourth-order valence-corrected chi connectivity index (χ4v) is 1.60. The van der Waals surface area contributed by atoms with E-state index in [1.807, 2.05) is 35.5 Å². The van der Waals surface area contributed by atoms with Crippen molar-refractivity contribution in [2.24, 2.45) is 4.99 Å². The molecule has 0 bridgehead atoms. The molecule has 0 atom stereocenters. The number of nitrogens with zero attached hydrogens (tertiary/aromatic N) is 4. The van der Waals surface area contributed by atoms with Gasteiger partial charge in [-0.1, -0.05) is 18.2 Å². The second-order valence-corrected chi connectivity index (χ2v) is 3.45. The minimum Gasteiger partial charge on any atom is -0.272 e. The van der Waals surface area contributed by atoms with Crippen molar-refractivity contribution in [1.82, 2.24) is 14.9 Å². The predicted octanol–water partition coefficient (Wildman–Crippen LogP) is 0.839. The molecule has 3 rings (SSSR count). The molecule has 1 aliphatic heterocycles. The summed E-state index contributed by atoms with van der Waals surface area (Å²) in [7, 11) is 0. The average molecular weight is 201 g/mol. The molecule has 0 fully saturated rings. The third-order valence-electron chi connectivity index (χ3n) is 2.34.